The molecule has 1 N–H and O–H groups in total. The molecule has 2 atom stereocenters. The molecule has 0 aliphatic rings. The summed E-state index contributed by atoms with van der Waals surface area (Å²) in [7, 11) is 4.98. The van der Waals surface area contributed by atoms with Crippen LogP contribution in [0.3, 0.4) is 0 Å². The number of likely N-dealkylation sites (N-methyl/N-ethyl adjacent to an activating group) is 1. The Morgan fingerprint density at radius 1 is 1.00 bits per heavy atom. The summed E-state index contributed by atoms with van der Waals surface area (Å²) in [4.78, 5) is 2.35. The SMILES string of the molecule is C=C(NCCCCCP)C(C(C)C)N(C)C(=C)CCCCCCC. The summed E-state index contributed by atoms with van der Waals surface area (Å²) in [6.07, 6.45) is 12.7. The Morgan fingerprint density at radius 3 is 2.21 bits per heavy atom. The maximum atomic E-state index is 4.33. The van der Waals surface area contributed by atoms with Crippen LogP contribution in [0.1, 0.15) is 78.6 Å². The number of nitrogens with zero attached hydrogens (tertiary/aromatic N) is 1. The van der Waals surface area contributed by atoms with Gasteiger partial charge in [-0.3, -0.25) is 0 Å². The van der Waals surface area contributed by atoms with Crippen molar-refractivity contribution in [3.05, 3.63) is 24.6 Å². The molecule has 0 aromatic rings. The van der Waals surface area contributed by atoms with Crippen molar-refractivity contribution >= 4 is 9.24 Å². The van der Waals surface area contributed by atoms with E-state index in [1.807, 2.05) is 0 Å². The standard InChI is InChI=1S/C21H43N2P/c1-7-8-9-10-12-15-19(4)23(6)21(18(2)3)20(5)22-16-13-11-14-17-24/h18,21-22H,4-5,7-17,24H2,1-3,6H3. The lowest BCUT2D eigenvalue weighted by Crippen LogP contribution is -2.41. The van der Waals surface area contributed by atoms with Gasteiger partial charge in [0.15, 0.2) is 0 Å². The van der Waals surface area contributed by atoms with Gasteiger partial charge in [0.05, 0.1) is 6.04 Å². The lowest BCUT2D eigenvalue weighted by molar-refractivity contribution is 0.257. The maximum Gasteiger partial charge on any atom is 0.0698 e. The molecule has 0 aromatic heterocycles. The van der Waals surface area contributed by atoms with Crippen molar-refractivity contribution in [2.45, 2.75) is 84.6 Å². The van der Waals surface area contributed by atoms with Gasteiger partial charge in [-0.1, -0.05) is 66.0 Å². The van der Waals surface area contributed by atoms with E-state index in [4.69, 9.17) is 0 Å². The molecular formula is C21H43N2P. The highest BCUT2D eigenvalue weighted by molar-refractivity contribution is 7.16. The Kier molecular flexibility index (Phi) is 14.5. The van der Waals surface area contributed by atoms with Crippen LogP contribution >= 0.6 is 9.24 Å². The highest BCUT2D eigenvalue weighted by atomic mass is 31.0. The highest BCUT2D eigenvalue weighted by Gasteiger charge is 2.22. The first-order chi connectivity index (χ1) is 11.5. The van der Waals surface area contributed by atoms with Crippen molar-refractivity contribution in [3.8, 4) is 0 Å². The molecule has 2 nitrogen and oxygen atoms in total. The highest BCUT2D eigenvalue weighted by Crippen LogP contribution is 2.22. The predicted molar refractivity (Wildman–Crippen MR) is 114 cm³/mol. The van der Waals surface area contributed by atoms with Gasteiger partial charge in [0.1, 0.15) is 0 Å². The third kappa shape index (κ3) is 10.4. The number of unbranched alkanes of at least 4 members (excludes halogenated alkanes) is 6. The van der Waals surface area contributed by atoms with Gasteiger partial charge in [-0.2, -0.15) is 0 Å². The van der Waals surface area contributed by atoms with E-state index in [1.54, 1.807) is 0 Å². The molecule has 2 unspecified atom stereocenters. The molecule has 24 heavy (non-hydrogen) atoms. The molecule has 3 heteroatoms. The minimum absolute atomic E-state index is 0.329. The minimum Gasteiger partial charge on any atom is -0.387 e. The molecule has 0 saturated carbocycles. The summed E-state index contributed by atoms with van der Waals surface area (Å²) in [5.74, 6) is 0.527. The minimum atomic E-state index is 0.329. The average molecular weight is 355 g/mol. The fraction of sp³-hybridized carbons (Fsp3) is 0.810. The molecule has 142 valence electrons. The van der Waals surface area contributed by atoms with Gasteiger partial charge >= 0.3 is 0 Å². The molecule has 0 aliphatic heterocycles. The number of hydrogen-bond acceptors (Lipinski definition) is 2. The zero-order valence-electron chi connectivity index (χ0n) is 16.9. The van der Waals surface area contributed by atoms with Gasteiger partial charge in [0.25, 0.3) is 0 Å². The summed E-state index contributed by atoms with van der Waals surface area (Å²) in [6, 6.07) is 0.329. The van der Waals surface area contributed by atoms with E-state index < -0.39 is 0 Å². The second kappa shape index (κ2) is 14.8. The van der Waals surface area contributed by atoms with Gasteiger partial charge in [-0.05, 0) is 37.8 Å². The Bertz CT molecular complexity index is 339. The molecule has 0 bridgehead atoms. The number of hydrogen-bond donors (Lipinski definition) is 1. The zero-order valence-corrected chi connectivity index (χ0v) is 18.0. The Balaban J connectivity index is 4.30. The van der Waals surface area contributed by atoms with Gasteiger partial charge in [0.2, 0.25) is 0 Å². The van der Waals surface area contributed by atoms with Crippen molar-refractivity contribution in [2.75, 3.05) is 19.8 Å². The lowest BCUT2D eigenvalue weighted by Gasteiger charge is -2.36. The quantitative estimate of drug-likeness (QED) is 0.271. The smallest absolute Gasteiger partial charge is 0.0698 e. The third-order valence-corrected chi connectivity index (χ3v) is 5.11. The van der Waals surface area contributed by atoms with Crippen LogP contribution in [0.4, 0.5) is 0 Å². The molecule has 0 spiro atoms. The molecule has 0 aliphatic carbocycles. The molecule has 0 heterocycles. The van der Waals surface area contributed by atoms with Gasteiger partial charge < -0.3 is 10.2 Å². The lowest BCUT2D eigenvalue weighted by atomic mass is 9.98. The largest absolute Gasteiger partial charge is 0.387 e. The first-order valence-electron chi connectivity index (χ1n) is 9.99. The predicted octanol–water partition coefficient (Wildman–Crippen LogP) is 5.97. The van der Waals surface area contributed by atoms with Crippen LogP contribution in [0.25, 0.3) is 0 Å². The summed E-state index contributed by atoms with van der Waals surface area (Å²) in [5.41, 5.74) is 2.39. The van der Waals surface area contributed by atoms with Gasteiger partial charge in [0, 0.05) is 25.0 Å². The normalized spacial score (nSPS) is 12.2. The first kappa shape index (κ1) is 23.5. The van der Waals surface area contributed by atoms with Crippen molar-refractivity contribution in [1.29, 1.82) is 0 Å². The second-order valence-corrected chi connectivity index (χ2v) is 7.91. The van der Waals surface area contributed by atoms with E-state index in [1.165, 1.54) is 63.2 Å². The molecular weight excluding hydrogens is 311 g/mol. The summed E-state index contributed by atoms with van der Waals surface area (Å²) < 4.78 is 0. The average Bonchev–Trinajstić information content (AvgIpc) is 2.54. The van der Waals surface area contributed by atoms with E-state index in [9.17, 15) is 0 Å². The summed E-state index contributed by atoms with van der Waals surface area (Å²) in [5, 5.41) is 3.56. The van der Waals surface area contributed by atoms with Crippen LogP contribution < -0.4 is 5.32 Å². The zero-order chi connectivity index (χ0) is 18.4. The molecule has 0 fully saturated rings. The van der Waals surface area contributed by atoms with Crippen LogP contribution in [0.5, 0.6) is 0 Å². The Morgan fingerprint density at radius 2 is 1.62 bits per heavy atom. The summed E-state index contributed by atoms with van der Waals surface area (Å²) >= 11 is 0. The van der Waals surface area contributed by atoms with E-state index in [-0.39, 0.29) is 0 Å². The monoisotopic (exact) mass is 354 g/mol. The number of nitrogens with one attached hydrogen (secondary N) is 1. The van der Waals surface area contributed by atoms with E-state index in [0.717, 1.165) is 18.7 Å². The van der Waals surface area contributed by atoms with Crippen LogP contribution in [0.15, 0.2) is 24.6 Å². The Hall–Kier alpha value is -0.490. The van der Waals surface area contributed by atoms with Crippen molar-refractivity contribution in [3.63, 3.8) is 0 Å². The fourth-order valence-electron chi connectivity index (χ4n) is 3.19. The molecule has 0 rings (SSSR count). The van der Waals surface area contributed by atoms with Crippen LogP contribution in [0, 0.1) is 5.92 Å². The van der Waals surface area contributed by atoms with Gasteiger partial charge in [-0.25, -0.2) is 0 Å². The summed E-state index contributed by atoms with van der Waals surface area (Å²) in [6.45, 7) is 16.5. The van der Waals surface area contributed by atoms with E-state index in [0.29, 0.717) is 12.0 Å². The van der Waals surface area contributed by atoms with Crippen molar-refractivity contribution in [2.24, 2.45) is 5.92 Å². The maximum absolute atomic E-state index is 4.33. The molecule has 0 saturated heterocycles. The first-order valence-corrected chi connectivity index (χ1v) is 10.8. The topological polar surface area (TPSA) is 15.3 Å². The van der Waals surface area contributed by atoms with Crippen molar-refractivity contribution < 1.29 is 0 Å². The van der Waals surface area contributed by atoms with E-state index >= 15 is 0 Å². The molecule has 0 amide bonds. The number of rotatable bonds is 16. The fourth-order valence-corrected chi connectivity index (χ4v) is 3.48. The van der Waals surface area contributed by atoms with Crippen LogP contribution in [0.2, 0.25) is 0 Å². The molecule has 0 radical (unpaired) electrons. The van der Waals surface area contributed by atoms with E-state index in [2.05, 4.69) is 60.4 Å². The van der Waals surface area contributed by atoms with Crippen LogP contribution in [-0.2, 0) is 0 Å². The van der Waals surface area contributed by atoms with Crippen LogP contribution in [-0.4, -0.2) is 30.7 Å². The Labute approximate surface area is 154 Å². The van der Waals surface area contributed by atoms with Gasteiger partial charge in [-0.15, -0.1) is 9.24 Å². The second-order valence-electron chi connectivity index (χ2n) is 7.33. The molecule has 0 aromatic carbocycles. The van der Waals surface area contributed by atoms with Crippen molar-refractivity contribution in [1.82, 2.24) is 10.2 Å². The third-order valence-electron chi connectivity index (χ3n) is 4.71. The number of allylic oxidation sites excluding steroid dienone is 1.